The fourth-order valence-corrected chi connectivity index (χ4v) is 2.54. The summed E-state index contributed by atoms with van der Waals surface area (Å²) in [4.78, 5) is 20.8. The van der Waals surface area contributed by atoms with Crippen molar-refractivity contribution in [2.75, 3.05) is 6.61 Å². The molecule has 0 aliphatic carbocycles. The summed E-state index contributed by atoms with van der Waals surface area (Å²) in [7, 11) is 1.93. The predicted molar refractivity (Wildman–Crippen MR) is 75.6 cm³/mol. The molecule has 0 radical (unpaired) electrons. The summed E-state index contributed by atoms with van der Waals surface area (Å²) in [5.41, 5.74) is 3.12. The first-order chi connectivity index (χ1) is 9.67. The smallest absolute Gasteiger partial charge is 0.355 e. The normalized spacial score (nSPS) is 11.3. The molecule has 0 atom stereocenters. The summed E-state index contributed by atoms with van der Waals surface area (Å²) in [6.07, 6.45) is 3.48. The zero-order valence-electron chi connectivity index (χ0n) is 11.8. The van der Waals surface area contributed by atoms with Gasteiger partial charge in [-0.25, -0.2) is 14.8 Å². The molecule has 0 saturated carbocycles. The second-order valence-corrected chi connectivity index (χ2v) is 4.58. The van der Waals surface area contributed by atoms with Crippen LogP contribution in [0, 0.1) is 0 Å². The topological polar surface area (TPSA) is 61.9 Å². The number of nitrogens with zero attached hydrogens (tertiary/aromatic N) is 4. The van der Waals surface area contributed by atoms with Crippen LogP contribution >= 0.6 is 0 Å². The second-order valence-electron chi connectivity index (χ2n) is 4.58. The summed E-state index contributed by atoms with van der Waals surface area (Å²) in [6, 6.07) is 1.84. The van der Waals surface area contributed by atoms with Crippen molar-refractivity contribution in [2.24, 2.45) is 7.05 Å². The third kappa shape index (κ3) is 1.68. The predicted octanol–water partition coefficient (Wildman–Crippen LogP) is 2.12. The summed E-state index contributed by atoms with van der Waals surface area (Å²) >= 11 is 0. The number of carbonyl (C=O) groups excluding carboxylic acids is 1. The molecule has 3 aromatic heterocycles. The molecule has 6 nitrogen and oxygen atoms in total. The molecule has 3 aromatic rings. The van der Waals surface area contributed by atoms with Gasteiger partial charge in [-0.15, -0.1) is 0 Å². The highest BCUT2D eigenvalue weighted by molar-refractivity contribution is 6.05. The van der Waals surface area contributed by atoms with Gasteiger partial charge in [0.25, 0.3) is 0 Å². The van der Waals surface area contributed by atoms with Gasteiger partial charge in [-0.3, -0.25) is 0 Å². The first-order valence-corrected chi connectivity index (χ1v) is 6.63. The maximum absolute atomic E-state index is 12.1. The van der Waals surface area contributed by atoms with Crippen LogP contribution in [0.4, 0.5) is 0 Å². The third-order valence-corrected chi connectivity index (χ3v) is 3.40. The zero-order chi connectivity index (χ0) is 14.3. The van der Waals surface area contributed by atoms with Gasteiger partial charge < -0.3 is 13.9 Å². The lowest BCUT2D eigenvalue weighted by molar-refractivity contribution is 0.0514. The second kappa shape index (κ2) is 4.63. The van der Waals surface area contributed by atoms with Crippen molar-refractivity contribution in [1.82, 2.24) is 19.1 Å². The van der Waals surface area contributed by atoms with E-state index >= 15 is 0 Å². The summed E-state index contributed by atoms with van der Waals surface area (Å²) < 4.78 is 8.93. The quantitative estimate of drug-likeness (QED) is 0.685. The molecule has 0 aromatic carbocycles. The molecule has 0 bridgehead atoms. The molecule has 6 heteroatoms. The summed E-state index contributed by atoms with van der Waals surface area (Å²) in [5.74, 6) is -0.317. The van der Waals surface area contributed by atoms with Crippen molar-refractivity contribution in [3.8, 4) is 0 Å². The van der Waals surface area contributed by atoms with Crippen LogP contribution in [0.25, 0.3) is 22.1 Å². The van der Waals surface area contributed by atoms with Gasteiger partial charge >= 0.3 is 5.97 Å². The van der Waals surface area contributed by atoms with Crippen LogP contribution in [0.2, 0.25) is 0 Å². The lowest BCUT2D eigenvalue weighted by atomic mass is 10.3. The van der Waals surface area contributed by atoms with Gasteiger partial charge in [0, 0.05) is 19.0 Å². The molecule has 0 fully saturated rings. The number of esters is 1. The van der Waals surface area contributed by atoms with Crippen molar-refractivity contribution in [3.63, 3.8) is 0 Å². The fourth-order valence-electron chi connectivity index (χ4n) is 2.54. The van der Waals surface area contributed by atoms with E-state index in [1.807, 2.05) is 29.2 Å². The number of hydrogen-bond donors (Lipinski definition) is 0. The van der Waals surface area contributed by atoms with Crippen molar-refractivity contribution in [1.29, 1.82) is 0 Å². The molecule has 3 heterocycles. The van der Waals surface area contributed by atoms with Gasteiger partial charge in [-0.05, 0) is 19.9 Å². The van der Waals surface area contributed by atoms with Gasteiger partial charge in [0.1, 0.15) is 16.9 Å². The number of imidazole rings is 1. The molecule has 0 aliphatic rings. The third-order valence-electron chi connectivity index (χ3n) is 3.40. The van der Waals surface area contributed by atoms with Crippen LogP contribution in [0.3, 0.4) is 0 Å². The van der Waals surface area contributed by atoms with E-state index < -0.39 is 0 Å². The Labute approximate surface area is 116 Å². The Balaban J connectivity index is 2.34. The Morgan fingerprint density at radius 1 is 1.35 bits per heavy atom. The van der Waals surface area contributed by atoms with E-state index in [0.717, 1.165) is 22.1 Å². The maximum Gasteiger partial charge on any atom is 0.355 e. The Morgan fingerprint density at radius 3 is 2.85 bits per heavy atom. The number of aromatic nitrogens is 4. The number of aryl methyl sites for hydroxylation is 2. The SMILES string of the molecule is CCOC(=O)c1cc2c3c(cnc2n1CC)ncn3C. The number of ether oxygens (including phenoxy) is 1. The van der Waals surface area contributed by atoms with Gasteiger partial charge in [-0.1, -0.05) is 0 Å². The minimum Gasteiger partial charge on any atom is -0.461 e. The van der Waals surface area contributed by atoms with E-state index in [0.29, 0.717) is 18.8 Å². The molecule has 0 N–H and O–H groups in total. The summed E-state index contributed by atoms with van der Waals surface area (Å²) in [6.45, 7) is 4.80. The van der Waals surface area contributed by atoms with E-state index in [-0.39, 0.29) is 5.97 Å². The Morgan fingerprint density at radius 2 is 2.15 bits per heavy atom. The molecule has 0 unspecified atom stereocenters. The Hall–Kier alpha value is -2.37. The maximum atomic E-state index is 12.1. The summed E-state index contributed by atoms with van der Waals surface area (Å²) in [5, 5.41) is 0.924. The van der Waals surface area contributed by atoms with Crippen LogP contribution < -0.4 is 0 Å². The molecule has 0 spiro atoms. The van der Waals surface area contributed by atoms with Crippen molar-refractivity contribution < 1.29 is 9.53 Å². The van der Waals surface area contributed by atoms with Gasteiger partial charge in [-0.2, -0.15) is 0 Å². The number of pyridine rings is 1. The minimum atomic E-state index is -0.317. The molecule has 3 rings (SSSR count). The highest BCUT2D eigenvalue weighted by Gasteiger charge is 2.19. The average Bonchev–Trinajstić information content (AvgIpc) is 2.99. The molecule has 104 valence electrons. The van der Waals surface area contributed by atoms with Crippen LogP contribution in [-0.2, 0) is 18.3 Å². The Bertz CT molecular complexity index is 800. The van der Waals surface area contributed by atoms with E-state index in [4.69, 9.17) is 4.74 Å². The molecule has 0 aliphatic heterocycles. The van der Waals surface area contributed by atoms with Crippen LogP contribution in [-0.4, -0.2) is 31.7 Å². The average molecular weight is 272 g/mol. The first kappa shape index (κ1) is 12.7. The highest BCUT2D eigenvalue weighted by atomic mass is 16.5. The standard InChI is InChI=1S/C14H16N4O2/c1-4-18-11(14(19)20-5-2)6-9-12-10(7-15-13(9)18)16-8-17(12)3/h6-8H,4-5H2,1-3H3. The lowest BCUT2D eigenvalue weighted by Crippen LogP contribution is -2.11. The van der Waals surface area contributed by atoms with E-state index in [1.54, 1.807) is 19.4 Å². The van der Waals surface area contributed by atoms with Crippen LogP contribution in [0.1, 0.15) is 24.3 Å². The van der Waals surface area contributed by atoms with E-state index in [1.165, 1.54) is 0 Å². The van der Waals surface area contributed by atoms with E-state index in [2.05, 4.69) is 9.97 Å². The molecule has 20 heavy (non-hydrogen) atoms. The number of fused-ring (bicyclic) bond motifs is 3. The molecule has 0 saturated heterocycles. The highest BCUT2D eigenvalue weighted by Crippen LogP contribution is 2.26. The van der Waals surface area contributed by atoms with Crippen molar-refractivity contribution >= 4 is 28.0 Å². The van der Waals surface area contributed by atoms with Gasteiger partial charge in [0.2, 0.25) is 0 Å². The molecular formula is C14H16N4O2. The largest absolute Gasteiger partial charge is 0.461 e. The minimum absolute atomic E-state index is 0.317. The van der Waals surface area contributed by atoms with Crippen molar-refractivity contribution in [3.05, 3.63) is 24.3 Å². The van der Waals surface area contributed by atoms with Crippen molar-refractivity contribution in [2.45, 2.75) is 20.4 Å². The monoisotopic (exact) mass is 272 g/mol. The first-order valence-electron chi connectivity index (χ1n) is 6.63. The lowest BCUT2D eigenvalue weighted by Gasteiger charge is -2.06. The van der Waals surface area contributed by atoms with Crippen LogP contribution in [0.15, 0.2) is 18.6 Å². The fraction of sp³-hybridized carbons (Fsp3) is 0.357. The zero-order valence-corrected chi connectivity index (χ0v) is 11.8. The van der Waals surface area contributed by atoms with Crippen LogP contribution in [0.5, 0.6) is 0 Å². The Kier molecular flexibility index (Phi) is 2.93. The number of hydrogen-bond acceptors (Lipinski definition) is 4. The molecular weight excluding hydrogens is 256 g/mol. The van der Waals surface area contributed by atoms with Gasteiger partial charge in [0.15, 0.2) is 0 Å². The number of rotatable bonds is 3. The van der Waals surface area contributed by atoms with E-state index in [9.17, 15) is 4.79 Å². The molecule has 0 amide bonds. The van der Waals surface area contributed by atoms with Gasteiger partial charge in [0.05, 0.1) is 24.6 Å². The number of carbonyl (C=O) groups is 1.